The molecular formula is C25H35N3O2. The van der Waals surface area contributed by atoms with E-state index in [0.29, 0.717) is 0 Å². The number of aliphatic imine (C=N–C) groups is 1. The molecule has 0 saturated carbocycles. The summed E-state index contributed by atoms with van der Waals surface area (Å²) >= 11 is 0. The van der Waals surface area contributed by atoms with Crippen molar-refractivity contribution in [2.24, 2.45) is 10.4 Å². The van der Waals surface area contributed by atoms with Gasteiger partial charge in [-0.1, -0.05) is 56.3 Å². The van der Waals surface area contributed by atoms with Gasteiger partial charge in [0.25, 0.3) is 0 Å². The maximum atomic E-state index is 9.94. The second-order valence-electron chi connectivity index (χ2n) is 9.40. The molecule has 0 bridgehead atoms. The van der Waals surface area contributed by atoms with Crippen molar-refractivity contribution in [3.8, 4) is 0 Å². The molecule has 162 valence electrons. The minimum absolute atomic E-state index is 0.0613. The van der Waals surface area contributed by atoms with Crippen LogP contribution in [0.4, 0.5) is 0 Å². The number of rotatable bonds is 4. The normalized spacial score (nSPS) is 30.5. The van der Waals surface area contributed by atoms with E-state index in [9.17, 15) is 10.2 Å². The van der Waals surface area contributed by atoms with E-state index in [1.165, 1.54) is 5.57 Å². The first-order valence-electron chi connectivity index (χ1n) is 11.2. The summed E-state index contributed by atoms with van der Waals surface area (Å²) in [5.41, 5.74) is 3.02. The average molecular weight is 410 g/mol. The smallest absolute Gasteiger partial charge is 0.128 e. The molecule has 3 unspecified atom stereocenters. The van der Waals surface area contributed by atoms with Crippen LogP contribution in [0.2, 0.25) is 0 Å². The topological polar surface area (TPSA) is 59.3 Å². The highest BCUT2D eigenvalue weighted by molar-refractivity contribution is 6.01. The van der Waals surface area contributed by atoms with Crippen LogP contribution in [-0.2, 0) is 5.54 Å². The molecule has 2 aliphatic heterocycles. The van der Waals surface area contributed by atoms with Gasteiger partial charge in [-0.15, -0.1) is 0 Å². The molecule has 1 fully saturated rings. The number of likely N-dealkylation sites (N-methyl/N-ethyl adjacent to an activating group) is 1. The maximum Gasteiger partial charge on any atom is 0.128 e. The minimum atomic E-state index is -0.831. The van der Waals surface area contributed by atoms with Crippen molar-refractivity contribution >= 4 is 5.84 Å². The SMILES string of the molecule is CCN1CCN(C2=NC(C)(c3ccc(C(O)CO)cc3)CC3(C)CC=CC=C23)CC1. The van der Waals surface area contributed by atoms with Crippen LogP contribution < -0.4 is 0 Å². The van der Waals surface area contributed by atoms with E-state index in [-0.39, 0.29) is 17.6 Å². The molecule has 0 amide bonds. The van der Waals surface area contributed by atoms with E-state index in [1.54, 1.807) is 0 Å². The Kier molecular flexibility index (Phi) is 5.88. The molecule has 0 radical (unpaired) electrons. The molecule has 1 aromatic rings. The summed E-state index contributed by atoms with van der Waals surface area (Å²) in [5.74, 6) is 1.16. The second kappa shape index (κ2) is 8.29. The van der Waals surface area contributed by atoms with Crippen LogP contribution in [0, 0.1) is 5.41 Å². The molecular weight excluding hydrogens is 374 g/mol. The van der Waals surface area contributed by atoms with Crippen LogP contribution in [-0.4, -0.2) is 65.2 Å². The van der Waals surface area contributed by atoms with Gasteiger partial charge in [0.1, 0.15) is 11.9 Å². The zero-order valence-electron chi connectivity index (χ0n) is 18.5. The summed E-state index contributed by atoms with van der Waals surface area (Å²) in [7, 11) is 0. The Hall–Kier alpha value is -1.95. The van der Waals surface area contributed by atoms with Crippen LogP contribution >= 0.6 is 0 Å². The molecule has 0 spiro atoms. The molecule has 1 aliphatic carbocycles. The van der Waals surface area contributed by atoms with E-state index < -0.39 is 6.10 Å². The van der Waals surface area contributed by atoms with E-state index in [1.807, 2.05) is 12.1 Å². The lowest BCUT2D eigenvalue weighted by molar-refractivity contribution is 0.0956. The van der Waals surface area contributed by atoms with Crippen molar-refractivity contribution in [2.75, 3.05) is 39.3 Å². The van der Waals surface area contributed by atoms with Crippen LogP contribution in [0.25, 0.3) is 0 Å². The fraction of sp³-hybridized carbons (Fsp3) is 0.560. The summed E-state index contributed by atoms with van der Waals surface area (Å²) in [6.45, 7) is 11.9. The summed E-state index contributed by atoms with van der Waals surface area (Å²) in [4.78, 5) is 10.4. The number of allylic oxidation sites excluding steroid dienone is 3. The summed E-state index contributed by atoms with van der Waals surface area (Å²) < 4.78 is 0. The second-order valence-corrected chi connectivity index (χ2v) is 9.40. The van der Waals surface area contributed by atoms with Gasteiger partial charge in [-0.3, -0.25) is 4.99 Å². The molecule has 2 heterocycles. The van der Waals surface area contributed by atoms with Gasteiger partial charge in [0, 0.05) is 37.2 Å². The standard InChI is InChI=1S/C25H35N3O2/c1-4-27-13-15-28(16-14-27)23-21-7-5-6-12-24(21,2)18-25(3,26-23)20-10-8-19(9-11-20)22(30)17-29/h5-11,22,29-30H,4,12-18H2,1-3H3. The van der Waals surface area contributed by atoms with E-state index in [2.05, 4.69) is 60.9 Å². The van der Waals surface area contributed by atoms with Gasteiger partial charge in [0.2, 0.25) is 0 Å². The number of piperazine rings is 1. The Labute approximate surface area is 180 Å². The molecule has 5 heteroatoms. The Bertz CT molecular complexity index is 852. The van der Waals surface area contributed by atoms with Crippen LogP contribution in [0.15, 0.2) is 53.1 Å². The first-order chi connectivity index (χ1) is 14.4. The summed E-state index contributed by atoms with van der Waals surface area (Å²) in [5, 5.41) is 19.2. The summed E-state index contributed by atoms with van der Waals surface area (Å²) in [6.07, 6.45) is 7.89. The predicted octanol–water partition coefficient (Wildman–Crippen LogP) is 3.26. The zero-order valence-corrected chi connectivity index (χ0v) is 18.5. The Balaban J connectivity index is 1.71. The lowest BCUT2D eigenvalue weighted by atomic mass is 9.64. The molecule has 3 atom stereocenters. The van der Waals surface area contributed by atoms with Crippen molar-refractivity contribution in [1.29, 1.82) is 0 Å². The number of aliphatic hydroxyl groups is 2. The van der Waals surface area contributed by atoms with E-state index in [4.69, 9.17) is 4.99 Å². The number of nitrogens with zero attached hydrogens (tertiary/aromatic N) is 3. The van der Waals surface area contributed by atoms with Gasteiger partial charge in [0.05, 0.1) is 12.1 Å². The summed E-state index contributed by atoms with van der Waals surface area (Å²) in [6, 6.07) is 7.98. The van der Waals surface area contributed by atoms with Gasteiger partial charge in [0.15, 0.2) is 0 Å². The lowest BCUT2D eigenvalue weighted by Crippen LogP contribution is -2.53. The van der Waals surface area contributed by atoms with Gasteiger partial charge in [-0.25, -0.2) is 0 Å². The monoisotopic (exact) mass is 409 g/mol. The molecule has 30 heavy (non-hydrogen) atoms. The fourth-order valence-electron chi connectivity index (χ4n) is 5.26. The average Bonchev–Trinajstić information content (AvgIpc) is 2.77. The van der Waals surface area contributed by atoms with Crippen LogP contribution in [0.3, 0.4) is 0 Å². The van der Waals surface area contributed by atoms with Gasteiger partial charge < -0.3 is 20.0 Å². The highest BCUT2D eigenvalue weighted by Gasteiger charge is 2.46. The first kappa shape index (κ1) is 21.3. The van der Waals surface area contributed by atoms with Crippen molar-refractivity contribution in [1.82, 2.24) is 9.80 Å². The number of amidine groups is 1. The Morgan fingerprint density at radius 3 is 2.43 bits per heavy atom. The predicted molar refractivity (Wildman–Crippen MR) is 122 cm³/mol. The highest BCUT2D eigenvalue weighted by Crippen LogP contribution is 2.50. The Morgan fingerprint density at radius 1 is 1.10 bits per heavy atom. The molecule has 4 rings (SSSR count). The molecule has 3 aliphatic rings. The van der Waals surface area contributed by atoms with Gasteiger partial charge in [-0.2, -0.15) is 0 Å². The number of hydrogen-bond acceptors (Lipinski definition) is 5. The zero-order chi connectivity index (χ0) is 21.4. The molecule has 2 N–H and O–H groups in total. The highest BCUT2D eigenvalue weighted by atomic mass is 16.3. The van der Waals surface area contributed by atoms with Crippen LogP contribution in [0.1, 0.15) is 50.8 Å². The number of benzene rings is 1. The third kappa shape index (κ3) is 3.86. The molecule has 5 nitrogen and oxygen atoms in total. The minimum Gasteiger partial charge on any atom is -0.393 e. The molecule has 1 saturated heterocycles. The van der Waals surface area contributed by atoms with Crippen molar-refractivity contribution in [3.05, 3.63) is 59.2 Å². The third-order valence-electron chi connectivity index (χ3n) is 7.15. The number of hydrogen-bond donors (Lipinski definition) is 2. The van der Waals surface area contributed by atoms with Gasteiger partial charge in [-0.05, 0) is 37.4 Å². The van der Waals surface area contributed by atoms with Crippen molar-refractivity contribution in [3.63, 3.8) is 0 Å². The number of aliphatic hydroxyl groups excluding tert-OH is 2. The van der Waals surface area contributed by atoms with Crippen molar-refractivity contribution in [2.45, 2.75) is 45.3 Å². The van der Waals surface area contributed by atoms with Gasteiger partial charge >= 0.3 is 0 Å². The molecule has 1 aromatic carbocycles. The lowest BCUT2D eigenvalue weighted by Gasteiger charge is -2.48. The van der Waals surface area contributed by atoms with Crippen LogP contribution in [0.5, 0.6) is 0 Å². The number of fused-ring (bicyclic) bond motifs is 1. The largest absolute Gasteiger partial charge is 0.393 e. The molecule has 0 aromatic heterocycles. The van der Waals surface area contributed by atoms with E-state index in [0.717, 1.165) is 62.5 Å². The Morgan fingerprint density at radius 2 is 1.80 bits per heavy atom. The van der Waals surface area contributed by atoms with E-state index >= 15 is 0 Å². The quantitative estimate of drug-likeness (QED) is 0.801. The maximum absolute atomic E-state index is 9.94. The fourth-order valence-corrected chi connectivity index (χ4v) is 5.26. The van der Waals surface area contributed by atoms with Crippen molar-refractivity contribution < 1.29 is 10.2 Å². The first-order valence-corrected chi connectivity index (χ1v) is 11.2. The third-order valence-corrected chi connectivity index (χ3v) is 7.15.